The Bertz CT molecular complexity index is 301. The smallest absolute Gasteiger partial charge is 0.200 e. The molecule has 0 saturated heterocycles. The van der Waals surface area contributed by atoms with Crippen molar-refractivity contribution >= 4 is 5.95 Å². The van der Waals surface area contributed by atoms with Crippen LogP contribution in [0.5, 0.6) is 0 Å². The Balaban J connectivity index is 2.55. The minimum atomic E-state index is 0.628. The number of fused-ring (bicyclic) bond motifs is 1. The van der Waals surface area contributed by atoms with E-state index in [1.807, 2.05) is 6.92 Å². The first kappa shape index (κ1) is 7.65. The van der Waals surface area contributed by atoms with E-state index in [1.54, 1.807) is 0 Å². The van der Waals surface area contributed by atoms with Gasteiger partial charge in [-0.05, 0) is 25.7 Å². The Morgan fingerprint density at radius 1 is 1.58 bits per heavy atom. The standard InChI is InChI=1S/C9H15N3/c1-6-4-3-5-12-8(6)7(2)11-9(12)10/h6H,3-5H2,1-2H3,(H2,10,11). The molecule has 2 N–H and O–H groups in total. The molecule has 0 saturated carbocycles. The quantitative estimate of drug-likeness (QED) is 0.635. The van der Waals surface area contributed by atoms with Crippen LogP contribution in [0.4, 0.5) is 5.95 Å². The maximum atomic E-state index is 5.78. The highest BCUT2D eigenvalue weighted by Crippen LogP contribution is 2.30. The molecule has 1 aromatic rings. The predicted octanol–water partition coefficient (Wildman–Crippen LogP) is 1.67. The average molecular weight is 165 g/mol. The Morgan fingerprint density at radius 2 is 2.33 bits per heavy atom. The largest absolute Gasteiger partial charge is 0.369 e. The fraction of sp³-hybridized carbons (Fsp3) is 0.667. The molecule has 0 spiro atoms. The van der Waals surface area contributed by atoms with Crippen LogP contribution in [0.1, 0.15) is 37.1 Å². The number of imidazole rings is 1. The maximum Gasteiger partial charge on any atom is 0.200 e. The van der Waals surface area contributed by atoms with Gasteiger partial charge in [0.2, 0.25) is 5.95 Å². The summed E-state index contributed by atoms with van der Waals surface area (Å²) in [6.45, 7) is 5.34. The van der Waals surface area contributed by atoms with Crippen LogP contribution < -0.4 is 5.73 Å². The SMILES string of the molecule is Cc1nc(N)n2c1C(C)CCC2. The monoisotopic (exact) mass is 165 g/mol. The lowest BCUT2D eigenvalue weighted by molar-refractivity contribution is 0.477. The lowest BCUT2D eigenvalue weighted by atomic mass is 9.97. The number of nitrogens with zero attached hydrogens (tertiary/aromatic N) is 2. The third-order valence-corrected chi connectivity index (χ3v) is 2.71. The van der Waals surface area contributed by atoms with E-state index in [0.717, 1.165) is 12.2 Å². The highest BCUT2D eigenvalue weighted by atomic mass is 15.2. The van der Waals surface area contributed by atoms with Gasteiger partial charge in [0.15, 0.2) is 0 Å². The zero-order valence-electron chi connectivity index (χ0n) is 7.67. The van der Waals surface area contributed by atoms with Crippen molar-refractivity contribution in [2.24, 2.45) is 0 Å². The first-order chi connectivity index (χ1) is 5.70. The van der Waals surface area contributed by atoms with E-state index in [2.05, 4.69) is 16.5 Å². The molecule has 66 valence electrons. The van der Waals surface area contributed by atoms with Gasteiger partial charge in [-0.1, -0.05) is 6.92 Å². The zero-order chi connectivity index (χ0) is 8.72. The molecule has 0 aliphatic carbocycles. The molecular formula is C9H15N3. The van der Waals surface area contributed by atoms with E-state index in [-0.39, 0.29) is 0 Å². The molecule has 0 amide bonds. The fourth-order valence-electron chi connectivity index (χ4n) is 2.16. The van der Waals surface area contributed by atoms with Gasteiger partial charge in [0.1, 0.15) is 0 Å². The summed E-state index contributed by atoms with van der Waals surface area (Å²) in [5.41, 5.74) is 8.23. The van der Waals surface area contributed by atoms with E-state index in [0.29, 0.717) is 11.9 Å². The van der Waals surface area contributed by atoms with Crippen molar-refractivity contribution in [3.05, 3.63) is 11.4 Å². The minimum absolute atomic E-state index is 0.628. The number of aromatic nitrogens is 2. The Hall–Kier alpha value is -0.990. The summed E-state index contributed by atoms with van der Waals surface area (Å²) in [6.07, 6.45) is 2.50. The highest BCUT2D eigenvalue weighted by Gasteiger charge is 2.21. The lowest BCUT2D eigenvalue weighted by Crippen LogP contribution is -2.15. The van der Waals surface area contributed by atoms with Crippen molar-refractivity contribution in [1.29, 1.82) is 0 Å². The molecule has 1 aromatic heterocycles. The lowest BCUT2D eigenvalue weighted by Gasteiger charge is -2.21. The zero-order valence-corrected chi connectivity index (χ0v) is 7.67. The fourth-order valence-corrected chi connectivity index (χ4v) is 2.16. The van der Waals surface area contributed by atoms with Crippen LogP contribution >= 0.6 is 0 Å². The van der Waals surface area contributed by atoms with Crippen LogP contribution in [0.2, 0.25) is 0 Å². The van der Waals surface area contributed by atoms with E-state index in [9.17, 15) is 0 Å². The van der Waals surface area contributed by atoms with Crippen LogP contribution in [0, 0.1) is 6.92 Å². The number of hydrogen-bond acceptors (Lipinski definition) is 2. The Morgan fingerprint density at radius 3 is 3.00 bits per heavy atom. The van der Waals surface area contributed by atoms with Gasteiger partial charge in [0, 0.05) is 12.2 Å². The Kier molecular flexibility index (Phi) is 1.60. The van der Waals surface area contributed by atoms with Gasteiger partial charge in [0.05, 0.1) is 5.69 Å². The van der Waals surface area contributed by atoms with Crippen molar-refractivity contribution in [2.45, 2.75) is 39.2 Å². The summed E-state index contributed by atoms with van der Waals surface area (Å²) < 4.78 is 2.16. The number of rotatable bonds is 0. The molecule has 1 aliphatic rings. The molecule has 12 heavy (non-hydrogen) atoms. The molecule has 2 rings (SSSR count). The second-order valence-electron chi connectivity index (χ2n) is 3.64. The van der Waals surface area contributed by atoms with Crippen molar-refractivity contribution in [1.82, 2.24) is 9.55 Å². The summed E-state index contributed by atoms with van der Waals surface area (Å²) in [7, 11) is 0. The topological polar surface area (TPSA) is 43.8 Å². The third kappa shape index (κ3) is 0.924. The van der Waals surface area contributed by atoms with Crippen molar-refractivity contribution in [3.8, 4) is 0 Å². The van der Waals surface area contributed by atoms with Crippen molar-refractivity contribution < 1.29 is 0 Å². The van der Waals surface area contributed by atoms with E-state index in [1.165, 1.54) is 18.5 Å². The first-order valence-corrected chi connectivity index (χ1v) is 4.52. The van der Waals surface area contributed by atoms with Crippen LogP contribution in [0.25, 0.3) is 0 Å². The molecule has 0 bridgehead atoms. The summed E-state index contributed by atoms with van der Waals surface area (Å²) in [5.74, 6) is 1.32. The van der Waals surface area contributed by atoms with E-state index in [4.69, 9.17) is 5.73 Å². The molecule has 3 nitrogen and oxygen atoms in total. The summed E-state index contributed by atoms with van der Waals surface area (Å²) >= 11 is 0. The summed E-state index contributed by atoms with van der Waals surface area (Å²) in [6, 6.07) is 0. The molecule has 2 heterocycles. The predicted molar refractivity (Wildman–Crippen MR) is 49.0 cm³/mol. The van der Waals surface area contributed by atoms with Crippen molar-refractivity contribution in [2.75, 3.05) is 5.73 Å². The highest BCUT2D eigenvalue weighted by molar-refractivity contribution is 5.31. The Labute approximate surface area is 72.6 Å². The number of nitrogen functional groups attached to an aromatic ring is 1. The average Bonchev–Trinajstić information content (AvgIpc) is 2.29. The molecule has 3 heteroatoms. The molecule has 0 fully saturated rings. The van der Waals surface area contributed by atoms with Gasteiger partial charge in [-0.15, -0.1) is 0 Å². The summed E-state index contributed by atoms with van der Waals surface area (Å²) in [4.78, 5) is 4.28. The number of anilines is 1. The first-order valence-electron chi connectivity index (χ1n) is 4.52. The second-order valence-corrected chi connectivity index (χ2v) is 3.64. The number of aryl methyl sites for hydroxylation is 1. The number of hydrogen-bond donors (Lipinski definition) is 1. The summed E-state index contributed by atoms with van der Waals surface area (Å²) in [5, 5.41) is 0. The minimum Gasteiger partial charge on any atom is -0.369 e. The van der Waals surface area contributed by atoms with E-state index >= 15 is 0 Å². The molecule has 0 radical (unpaired) electrons. The molecular weight excluding hydrogens is 150 g/mol. The van der Waals surface area contributed by atoms with Gasteiger partial charge in [-0.25, -0.2) is 4.98 Å². The van der Waals surface area contributed by atoms with Crippen LogP contribution in [0.15, 0.2) is 0 Å². The van der Waals surface area contributed by atoms with E-state index < -0.39 is 0 Å². The van der Waals surface area contributed by atoms with Crippen LogP contribution in [-0.2, 0) is 6.54 Å². The number of nitrogens with two attached hydrogens (primary N) is 1. The molecule has 1 unspecified atom stereocenters. The second kappa shape index (κ2) is 2.51. The van der Waals surface area contributed by atoms with Crippen molar-refractivity contribution in [3.63, 3.8) is 0 Å². The van der Waals surface area contributed by atoms with Crippen LogP contribution in [-0.4, -0.2) is 9.55 Å². The molecule has 1 atom stereocenters. The van der Waals surface area contributed by atoms with Crippen LogP contribution in [0.3, 0.4) is 0 Å². The van der Waals surface area contributed by atoms with Gasteiger partial charge >= 0.3 is 0 Å². The van der Waals surface area contributed by atoms with Gasteiger partial charge in [-0.3, -0.25) is 0 Å². The van der Waals surface area contributed by atoms with Gasteiger partial charge < -0.3 is 10.3 Å². The van der Waals surface area contributed by atoms with Gasteiger partial charge in [0.25, 0.3) is 0 Å². The van der Waals surface area contributed by atoms with Gasteiger partial charge in [-0.2, -0.15) is 0 Å². The molecule has 0 aromatic carbocycles. The maximum absolute atomic E-state index is 5.78. The normalized spacial score (nSPS) is 22.3. The molecule has 1 aliphatic heterocycles. The third-order valence-electron chi connectivity index (χ3n) is 2.71.